The summed E-state index contributed by atoms with van der Waals surface area (Å²) in [6.07, 6.45) is -8.83. The molecule has 0 aromatic heterocycles. The molecule has 8 heteroatoms. The second-order valence-electron chi connectivity index (χ2n) is 8.42. The van der Waals surface area contributed by atoms with E-state index >= 15 is 0 Å². The molecular weight excluding hydrogens is 446 g/mol. The number of alkyl halides is 6. The second-order valence-corrected chi connectivity index (χ2v) is 8.42. The van der Waals surface area contributed by atoms with Gasteiger partial charge >= 0.3 is 12.4 Å². The summed E-state index contributed by atoms with van der Waals surface area (Å²) in [6.45, 7) is 8.11. The van der Waals surface area contributed by atoms with E-state index in [2.05, 4.69) is 0 Å². The Kier molecular flexibility index (Phi) is 8.49. The lowest BCUT2D eigenvalue weighted by atomic mass is 9.73. The van der Waals surface area contributed by atoms with Crippen molar-refractivity contribution in [2.75, 3.05) is 13.2 Å². The van der Waals surface area contributed by atoms with E-state index < -0.39 is 28.9 Å². The number of benzene rings is 2. The highest BCUT2D eigenvalue weighted by Crippen LogP contribution is 2.56. The van der Waals surface area contributed by atoms with Gasteiger partial charge in [0.25, 0.3) is 0 Å². The molecule has 0 radical (unpaired) electrons. The Bertz CT molecular complexity index is 892. The van der Waals surface area contributed by atoms with Gasteiger partial charge in [-0.05, 0) is 67.7 Å². The lowest BCUT2D eigenvalue weighted by Gasteiger charge is -2.38. The van der Waals surface area contributed by atoms with E-state index in [4.69, 9.17) is 9.47 Å². The summed E-state index contributed by atoms with van der Waals surface area (Å²) < 4.78 is 96.2. The Morgan fingerprint density at radius 1 is 0.758 bits per heavy atom. The van der Waals surface area contributed by atoms with Gasteiger partial charge in [0.05, 0.1) is 6.61 Å². The summed E-state index contributed by atoms with van der Waals surface area (Å²) in [5.74, 6) is 0.727. The topological polar surface area (TPSA) is 18.5 Å². The first kappa shape index (κ1) is 26.6. The molecule has 0 saturated heterocycles. The maximum atomic E-state index is 14.2. The number of hydrogen-bond acceptors (Lipinski definition) is 2. The van der Waals surface area contributed by atoms with Gasteiger partial charge in [-0.25, -0.2) is 0 Å². The Labute approximate surface area is 190 Å². The zero-order valence-electron chi connectivity index (χ0n) is 19.0. The Morgan fingerprint density at radius 3 is 1.55 bits per heavy atom. The molecule has 0 atom stereocenters. The highest BCUT2D eigenvalue weighted by molar-refractivity contribution is 5.47. The molecule has 2 aromatic carbocycles. The van der Waals surface area contributed by atoms with Crippen LogP contribution in [0.3, 0.4) is 0 Å². The molecule has 33 heavy (non-hydrogen) atoms. The highest BCUT2D eigenvalue weighted by atomic mass is 19.4. The van der Waals surface area contributed by atoms with Crippen LogP contribution >= 0.6 is 0 Å². The first-order valence-electron chi connectivity index (χ1n) is 10.5. The molecule has 0 fully saturated rings. The lowest BCUT2D eigenvalue weighted by molar-refractivity contribution is -0.288. The van der Waals surface area contributed by atoms with Crippen LogP contribution in [0.1, 0.15) is 45.2 Å². The molecule has 2 aromatic rings. The maximum absolute atomic E-state index is 14.2. The molecule has 0 aliphatic heterocycles. The predicted octanol–water partition coefficient (Wildman–Crippen LogP) is 7.87. The summed E-state index contributed by atoms with van der Waals surface area (Å²) >= 11 is 0. The fraction of sp³-hybridized carbons (Fsp3) is 0.440. The van der Waals surface area contributed by atoms with Crippen molar-refractivity contribution in [1.82, 2.24) is 0 Å². The molecule has 0 N–H and O–H groups in total. The third-order valence-corrected chi connectivity index (χ3v) is 5.13. The van der Waals surface area contributed by atoms with Crippen LogP contribution in [0.15, 0.2) is 60.2 Å². The van der Waals surface area contributed by atoms with Crippen molar-refractivity contribution in [3.05, 3.63) is 71.3 Å². The van der Waals surface area contributed by atoms with Crippen molar-refractivity contribution < 1.29 is 35.8 Å². The average Bonchev–Trinajstić information content (AvgIpc) is 2.68. The number of rotatable bonds is 9. The average molecular weight is 474 g/mol. The third kappa shape index (κ3) is 6.24. The van der Waals surface area contributed by atoms with Gasteiger partial charge in [0.15, 0.2) is 0 Å². The van der Waals surface area contributed by atoms with Gasteiger partial charge in [-0.2, -0.15) is 26.3 Å². The molecule has 0 amide bonds. The normalized spacial score (nSPS) is 12.6. The van der Waals surface area contributed by atoms with Crippen LogP contribution in [0, 0.1) is 5.92 Å². The summed E-state index contributed by atoms with van der Waals surface area (Å²) in [5, 5.41) is 0. The fourth-order valence-corrected chi connectivity index (χ4v) is 3.30. The van der Waals surface area contributed by atoms with E-state index in [0.29, 0.717) is 18.9 Å². The van der Waals surface area contributed by atoms with Crippen molar-refractivity contribution in [3.8, 4) is 11.5 Å². The summed E-state index contributed by atoms with van der Waals surface area (Å²) in [5.41, 5.74) is -5.10. The highest BCUT2D eigenvalue weighted by Gasteiger charge is 2.72. The van der Waals surface area contributed by atoms with Crippen LogP contribution in [-0.4, -0.2) is 25.6 Å². The number of hydrogen-bond donors (Lipinski definition) is 0. The van der Waals surface area contributed by atoms with E-state index in [0.717, 1.165) is 54.1 Å². The summed E-state index contributed by atoms with van der Waals surface area (Å²) in [6, 6.07) is 7.78. The molecule has 0 saturated carbocycles. The minimum absolute atomic E-state index is 0.156. The monoisotopic (exact) mass is 474 g/mol. The van der Waals surface area contributed by atoms with Gasteiger partial charge in [-0.1, -0.05) is 43.7 Å². The number of allylic oxidation sites excluding steroid dienone is 1. The van der Waals surface area contributed by atoms with Gasteiger partial charge in [0.1, 0.15) is 18.1 Å². The van der Waals surface area contributed by atoms with Crippen LogP contribution in [0.4, 0.5) is 26.3 Å². The standard InChI is InChI=1S/C25H28F6O2/c1-17(2)13-15-32-21-9-5-19(6-10-21)23(24(26,27)28,25(29,30)31)20-7-11-22(12-8-20)33-16-14-18(3)4/h5-13,18H,14-16H2,1-4H3. The van der Waals surface area contributed by atoms with Crippen LogP contribution in [0.25, 0.3) is 0 Å². The zero-order chi connectivity index (χ0) is 24.9. The molecule has 0 aliphatic rings. The first-order valence-corrected chi connectivity index (χ1v) is 10.5. The van der Waals surface area contributed by atoms with Gasteiger partial charge in [-0.15, -0.1) is 0 Å². The van der Waals surface area contributed by atoms with E-state index in [1.165, 1.54) is 0 Å². The van der Waals surface area contributed by atoms with Crippen molar-refractivity contribution in [2.45, 2.75) is 51.9 Å². The zero-order valence-corrected chi connectivity index (χ0v) is 19.0. The fourth-order valence-electron chi connectivity index (χ4n) is 3.30. The third-order valence-electron chi connectivity index (χ3n) is 5.13. The van der Waals surface area contributed by atoms with Gasteiger partial charge in [-0.3, -0.25) is 0 Å². The van der Waals surface area contributed by atoms with E-state index in [9.17, 15) is 26.3 Å². The summed E-state index contributed by atoms with van der Waals surface area (Å²) in [4.78, 5) is 0. The number of ether oxygens (including phenoxy) is 2. The van der Waals surface area contributed by atoms with Crippen LogP contribution in [0.2, 0.25) is 0 Å². The molecule has 2 rings (SSSR count). The van der Waals surface area contributed by atoms with Gasteiger partial charge in [0, 0.05) is 0 Å². The van der Waals surface area contributed by atoms with E-state index in [1.54, 1.807) is 6.08 Å². The van der Waals surface area contributed by atoms with E-state index in [-0.39, 0.29) is 18.1 Å². The smallest absolute Gasteiger partial charge is 0.411 e. The molecular formula is C25H28F6O2. The quantitative estimate of drug-likeness (QED) is 0.272. The van der Waals surface area contributed by atoms with E-state index in [1.807, 2.05) is 27.7 Å². The SMILES string of the molecule is CC(C)=CCOc1ccc(C(c2ccc(OCCC(C)C)cc2)(C(F)(F)F)C(F)(F)F)cc1. The minimum Gasteiger partial charge on any atom is -0.494 e. The molecule has 0 spiro atoms. The Morgan fingerprint density at radius 2 is 1.18 bits per heavy atom. The minimum atomic E-state index is -5.64. The lowest BCUT2D eigenvalue weighted by Crippen LogP contribution is -2.54. The second kappa shape index (κ2) is 10.5. The van der Waals surface area contributed by atoms with Crippen LogP contribution in [-0.2, 0) is 5.41 Å². The van der Waals surface area contributed by atoms with Crippen molar-refractivity contribution in [2.24, 2.45) is 5.92 Å². The largest absolute Gasteiger partial charge is 0.494 e. The molecule has 0 heterocycles. The van der Waals surface area contributed by atoms with Crippen molar-refractivity contribution in [3.63, 3.8) is 0 Å². The van der Waals surface area contributed by atoms with Gasteiger partial charge < -0.3 is 9.47 Å². The molecule has 0 aliphatic carbocycles. The molecule has 2 nitrogen and oxygen atoms in total. The Balaban J connectivity index is 2.47. The van der Waals surface area contributed by atoms with Crippen molar-refractivity contribution >= 4 is 0 Å². The first-order chi connectivity index (χ1) is 15.3. The number of halogens is 6. The molecule has 0 unspecified atom stereocenters. The van der Waals surface area contributed by atoms with Gasteiger partial charge in [0.2, 0.25) is 5.41 Å². The summed E-state index contributed by atoms with van der Waals surface area (Å²) in [7, 11) is 0. The maximum Gasteiger partial charge on any atom is 0.411 e. The van der Waals surface area contributed by atoms with Crippen molar-refractivity contribution in [1.29, 1.82) is 0 Å². The molecule has 0 bridgehead atoms. The Hall–Kier alpha value is -2.64. The predicted molar refractivity (Wildman–Crippen MR) is 116 cm³/mol. The van der Waals surface area contributed by atoms with Crippen LogP contribution < -0.4 is 9.47 Å². The molecule has 182 valence electrons. The van der Waals surface area contributed by atoms with Crippen LogP contribution in [0.5, 0.6) is 11.5 Å².